The van der Waals surface area contributed by atoms with E-state index in [0.717, 1.165) is 0 Å². The molecule has 6 N–H and O–H groups in total. The number of rotatable bonds is 17. The molecule has 3 heterocycles. The van der Waals surface area contributed by atoms with E-state index in [-0.39, 0.29) is 50.3 Å². The minimum absolute atomic E-state index is 0.00681. The third kappa shape index (κ3) is 8.09. The second kappa shape index (κ2) is 15.3. The van der Waals surface area contributed by atoms with Gasteiger partial charge in [0, 0.05) is 20.5 Å². The Morgan fingerprint density at radius 3 is 2.17 bits per heavy atom. The van der Waals surface area contributed by atoms with Gasteiger partial charge in [-0.1, -0.05) is 27.7 Å². The first-order valence-corrected chi connectivity index (χ1v) is 18.0. The van der Waals surface area contributed by atoms with Gasteiger partial charge in [-0.2, -0.15) is 9.97 Å². The maximum absolute atomic E-state index is 14.6. The minimum Gasteiger partial charge on any atom is -0.465 e. The molecule has 4 rings (SSSR count). The zero-order valence-corrected chi connectivity index (χ0v) is 29.8. The van der Waals surface area contributed by atoms with Crippen LogP contribution in [0, 0.1) is 11.8 Å². The van der Waals surface area contributed by atoms with Crippen LogP contribution in [0.3, 0.4) is 0 Å². The number of hydrogen-bond acceptors (Lipinski definition) is 14. The Hall–Kier alpha value is -2.92. The number of esters is 2. The number of imidazole rings is 1. The van der Waals surface area contributed by atoms with Crippen LogP contribution in [0.4, 0.5) is 11.8 Å². The molecule has 7 atom stereocenters. The Morgan fingerprint density at radius 1 is 1.10 bits per heavy atom. The van der Waals surface area contributed by atoms with E-state index in [4.69, 9.17) is 24.5 Å². The monoisotopic (exact) mass is 698 g/mol. The number of carbonyl (C=O) groups excluding carboxylic acids is 2. The summed E-state index contributed by atoms with van der Waals surface area (Å²) in [5.74, 6) is -0.670. The van der Waals surface area contributed by atoms with Crippen LogP contribution in [0.15, 0.2) is 6.33 Å². The van der Waals surface area contributed by atoms with Crippen LogP contribution in [-0.2, 0) is 32.9 Å². The number of anilines is 2. The Labute approximate surface area is 280 Å². The SMILES string of the molecule is CCOC(=O)[C@H](CC(C)C)NP(=O)(N[C@@H](CC(C)C)C(=O)OCC)OC[C@H]1O[C@H]2C(n3cnc4c(N(C)C)nc(N)nc43)C[C@]2(O)C1O. The highest BCUT2D eigenvalue weighted by Crippen LogP contribution is 2.53. The van der Waals surface area contributed by atoms with Gasteiger partial charge < -0.3 is 44.1 Å². The van der Waals surface area contributed by atoms with Gasteiger partial charge in [0.25, 0.3) is 0 Å². The van der Waals surface area contributed by atoms with E-state index in [2.05, 4.69) is 25.1 Å². The Kier molecular flexibility index (Phi) is 12.1. The topological polar surface area (TPSA) is 226 Å². The van der Waals surface area contributed by atoms with Crippen molar-refractivity contribution in [3.63, 3.8) is 0 Å². The van der Waals surface area contributed by atoms with Crippen molar-refractivity contribution in [2.45, 2.75) is 103 Å². The van der Waals surface area contributed by atoms with Crippen LogP contribution < -0.4 is 20.8 Å². The van der Waals surface area contributed by atoms with Gasteiger partial charge >= 0.3 is 19.6 Å². The van der Waals surface area contributed by atoms with E-state index in [1.807, 2.05) is 27.7 Å². The molecule has 2 unspecified atom stereocenters. The number of ether oxygens (including phenoxy) is 3. The Bertz CT molecular complexity index is 1450. The quantitative estimate of drug-likeness (QED) is 0.117. The summed E-state index contributed by atoms with van der Waals surface area (Å²) in [4.78, 5) is 40.7. The van der Waals surface area contributed by atoms with Crippen LogP contribution in [0.5, 0.6) is 0 Å². The van der Waals surface area contributed by atoms with E-state index < -0.39 is 68.3 Å². The number of aromatic nitrogens is 4. The lowest BCUT2D eigenvalue weighted by atomic mass is 9.70. The molecule has 0 spiro atoms. The molecule has 1 saturated heterocycles. The zero-order chi connectivity index (χ0) is 35.6. The van der Waals surface area contributed by atoms with Crippen LogP contribution in [0.2, 0.25) is 0 Å². The van der Waals surface area contributed by atoms with Gasteiger partial charge in [0.1, 0.15) is 36.0 Å². The molecule has 2 aromatic heterocycles. The highest BCUT2D eigenvalue weighted by molar-refractivity contribution is 7.54. The molecule has 48 heavy (non-hydrogen) atoms. The summed E-state index contributed by atoms with van der Waals surface area (Å²) < 4.78 is 38.9. The number of fused-ring (bicyclic) bond motifs is 2. The number of aliphatic hydroxyl groups is 2. The highest BCUT2D eigenvalue weighted by Gasteiger charge is 2.66. The van der Waals surface area contributed by atoms with E-state index in [9.17, 15) is 24.4 Å². The summed E-state index contributed by atoms with van der Waals surface area (Å²) in [6.45, 7) is 10.7. The first kappa shape index (κ1) is 37.9. The first-order valence-electron chi connectivity index (χ1n) is 16.4. The third-order valence-electron chi connectivity index (χ3n) is 8.39. The molecule has 0 radical (unpaired) electrons. The van der Waals surface area contributed by atoms with Crippen molar-refractivity contribution in [1.82, 2.24) is 29.7 Å². The summed E-state index contributed by atoms with van der Waals surface area (Å²) in [6, 6.07) is -2.55. The van der Waals surface area contributed by atoms with Crippen molar-refractivity contribution in [3.8, 4) is 0 Å². The van der Waals surface area contributed by atoms with Crippen molar-refractivity contribution >= 4 is 42.5 Å². The summed E-state index contributed by atoms with van der Waals surface area (Å²) in [5.41, 5.74) is 5.29. The molecule has 0 amide bonds. The second-order valence-corrected chi connectivity index (χ2v) is 15.3. The van der Waals surface area contributed by atoms with Gasteiger partial charge in [0.05, 0.1) is 32.2 Å². The third-order valence-corrected chi connectivity index (χ3v) is 10.2. The summed E-state index contributed by atoms with van der Waals surface area (Å²) in [7, 11) is -0.647. The molecule has 0 aromatic carbocycles. The van der Waals surface area contributed by atoms with Crippen LogP contribution >= 0.6 is 7.67 Å². The average Bonchev–Trinajstić information content (AvgIpc) is 3.48. The predicted octanol–water partition coefficient (Wildman–Crippen LogP) is 1.54. The molecule has 0 bridgehead atoms. The molecule has 2 aromatic rings. The Balaban J connectivity index is 1.58. The zero-order valence-electron chi connectivity index (χ0n) is 29.0. The number of nitrogen functional groups attached to an aromatic ring is 1. The summed E-state index contributed by atoms with van der Waals surface area (Å²) in [6.07, 6.45) is -1.23. The fraction of sp³-hybridized carbons (Fsp3) is 0.767. The van der Waals surface area contributed by atoms with E-state index in [1.165, 1.54) is 0 Å². The standard InChI is InChI=1S/C30H51N8O9P/c1-9-44-27(40)18(11-16(3)4)35-48(43,36-19(12-17(5)6)28(41)45-10-2)46-14-21-23(39)30(42)13-20(24(30)47-21)38-15-32-22-25(37(7)8)33-29(31)34-26(22)38/h15-21,23-24,39,42H,9-14H2,1-8H3,(H2,31,33,34)(H2,35,36,43)/t18-,19-,20?,21+,23?,24-,30-/m0/s1. The number of aliphatic hydroxyl groups excluding tert-OH is 1. The maximum atomic E-state index is 14.6. The smallest absolute Gasteiger partial charge is 0.342 e. The number of carbonyl (C=O) groups is 2. The van der Waals surface area contributed by atoms with E-state index >= 15 is 0 Å². The second-order valence-electron chi connectivity index (χ2n) is 13.4. The predicted molar refractivity (Wildman–Crippen MR) is 177 cm³/mol. The summed E-state index contributed by atoms with van der Waals surface area (Å²) in [5, 5.41) is 28.3. The Morgan fingerprint density at radius 2 is 1.67 bits per heavy atom. The minimum atomic E-state index is -4.26. The molecule has 18 heteroatoms. The molecule has 1 saturated carbocycles. The van der Waals surface area contributed by atoms with E-state index in [1.54, 1.807) is 43.7 Å². The lowest BCUT2D eigenvalue weighted by Crippen LogP contribution is -2.61. The van der Waals surface area contributed by atoms with Crippen molar-refractivity contribution in [2.24, 2.45) is 11.8 Å². The summed E-state index contributed by atoms with van der Waals surface area (Å²) >= 11 is 0. The average molecular weight is 699 g/mol. The number of hydrogen-bond donors (Lipinski definition) is 5. The van der Waals surface area contributed by atoms with Crippen LogP contribution in [0.1, 0.15) is 66.8 Å². The molecule has 1 aliphatic heterocycles. The van der Waals surface area contributed by atoms with Crippen molar-refractivity contribution in [1.29, 1.82) is 0 Å². The highest BCUT2D eigenvalue weighted by atomic mass is 31.2. The fourth-order valence-corrected chi connectivity index (χ4v) is 8.02. The molecule has 270 valence electrons. The van der Waals surface area contributed by atoms with Gasteiger partial charge in [-0.25, -0.2) is 15.2 Å². The fourth-order valence-electron chi connectivity index (χ4n) is 6.19. The molecule has 2 aliphatic rings. The van der Waals surface area contributed by atoms with Gasteiger partial charge in [-0.15, -0.1) is 0 Å². The van der Waals surface area contributed by atoms with Gasteiger partial charge in [0.2, 0.25) is 5.95 Å². The molecule has 17 nitrogen and oxygen atoms in total. The lowest BCUT2D eigenvalue weighted by Gasteiger charge is -2.47. The number of nitrogens with zero attached hydrogens (tertiary/aromatic N) is 5. The van der Waals surface area contributed by atoms with Gasteiger partial charge in [0.15, 0.2) is 17.0 Å². The van der Waals surface area contributed by atoms with Crippen LogP contribution in [-0.4, -0.2) is 112 Å². The van der Waals surface area contributed by atoms with Crippen LogP contribution in [0.25, 0.3) is 11.2 Å². The molecular weight excluding hydrogens is 647 g/mol. The maximum Gasteiger partial charge on any atom is 0.342 e. The van der Waals surface area contributed by atoms with Crippen molar-refractivity contribution in [3.05, 3.63) is 6.33 Å². The van der Waals surface area contributed by atoms with Crippen molar-refractivity contribution in [2.75, 3.05) is 44.5 Å². The molecular formula is C30H51N8O9P. The normalized spacial score (nSPS) is 25.2. The lowest BCUT2D eigenvalue weighted by molar-refractivity contribution is -0.170. The van der Waals surface area contributed by atoms with E-state index in [0.29, 0.717) is 17.0 Å². The first-order chi connectivity index (χ1) is 22.5. The largest absolute Gasteiger partial charge is 0.465 e. The number of nitrogens with one attached hydrogen (secondary N) is 2. The van der Waals surface area contributed by atoms with Gasteiger partial charge in [-0.3, -0.25) is 14.2 Å². The van der Waals surface area contributed by atoms with Gasteiger partial charge in [-0.05, 0) is 38.5 Å². The number of nitrogens with two attached hydrogens (primary N) is 1. The molecule has 2 fully saturated rings. The van der Waals surface area contributed by atoms with Crippen molar-refractivity contribution < 1.29 is 43.1 Å². The molecule has 1 aliphatic carbocycles.